The molecule has 0 fully saturated rings. The fourth-order valence-electron chi connectivity index (χ4n) is 2.03. The van der Waals surface area contributed by atoms with E-state index in [0.717, 1.165) is 24.4 Å². The van der Waals surface area contributed by atoms with E-state index in [-0.39, 0.29) is 12.5 Å². The normalized spacial score (nSPS) is 10.6. The average molecular weight is 276 g/mol. The van der Waals surface area contributed by atoms with Crippen molar-refractivity contribution in [3.8, 4) is 0 Å². The van der Waals surface area contributed by atoms with Crippen molar-refractivity contribution in [2.24, 2.45) is 0 Å². The Labute approximate surface area is 118 Å². The second-order valence-corrected chi connectivity index (χ2v) is 4.45. The van der Waals surface area contributed by atoms with Gasteiger partial charge in [0.1, 0.15) is 5.82 Å². The van der Waals surface area contributed by atoms with Crippen LogP contribution in [-0.2, 0) is 4.79 Å². The maximum Gasteiger partial charge on any atom is 0.239 e. The lowest BCUT2D eigenvalue weighted by atomic mass is 10.3. The van der Waals surface area contributed by atoms with Crippen LogP contribution in [0.1, 0.15) is 13.3 Å². The van der Waals surface area contributed by atoms with E-state index < -0.39 is 0 Å². The quantitative estimate of drug-likeness (QED) is 0.813. The second kappa shape index (κ2) is 6.23. The molecule has 0 unspecified atom stereocenters. The van der Waals surface area contributed by atoms with Gasteiger partial charge in [-0.15, -0.1) is 0 Å². The smallest absolute Gasteiger partial charge is 0.239 e. The van der Waals surface area contributed by atoms with E-state index in [4.69, 9.17) is 0 Å². The molecule has 0 aliphatic rings. The number of likely N-dealkylation sites (N-methyl/N-ethyl adjacent to an activating group) is 1. The zero-order valence-corrected chi connectivity index (χ0v) is 12.1. The molecule has 0 spiro atoms. The van der Waals surface area contributed by atoms with Crippen molar-refractivity contribution >= 4 is 23.2 Å². The van der Waals surface area contributed by atoms with Gasteiger partial charge in [0.15, 0.2) is 11.5 Å². The van der Waals surface area contributed by atoms with Crippen molar-refractivity contribution in [2.45, 2.75) is 13.3 Å². The number of amides is 1. The van der Waals surface area contributed by atoms with Crippen LogP contribution >= 0.6 is 0 Å². The Balaban J connectivity index is 2.45. The molecule has 0 aromatic carbocycles. The summed E-state index contributed by atoms with van der Waals surface area (Å²) < 4.78 is 1.90. The van der Waals surface area contributed by atoms with Crippen LogP contribution in [0, 0.1) is 0 Å². The van der Waals surface area contributed by atoms with Gasteiger partial charge in [0, 0.05) is 33.0 Å². The van der Waals surface area contributed by atoms with Crippen LogP contribution in [0.4, 0.5) is 11.6 Å². The first-order chi connectivity index (χ1) is 9.69. The highest BCUT2D eigenvalue weighted by Gasteiger charge is 2.16. The molecule has 7 nitrogen and oxygen atoms in total. The third-order valence-electron chi connectivity index (χ3n) is 3.02. The van der Waals surface area contributed by atoms with Crippen LogP contribution in [0.5, 0.6) is 0 Å². The van der Waals surface area contributed by atoms with Crippen molar-refractivity contribution in [1.29, 1.82) is 0 Å². The van der Waals surface area contributed by atoms with E-state index in [1.165, 1.54) is 0 Å². The summed E-state index contributed by atoms with van der Waals surface area (Å²) in [5, 5.41) is 5.67. The number of aromatic nitrogens is 3. The number of fused-ring (bicyclic) bond motifs is 1. The summed E-state index contributed by atoms with van der Waals surface area (Å²) in [5.74, 6) is 1.41. The van der Waals surface area contributed by atoms with Gasteiger partial charge in [-0.1, -0.05) is 6.92 Å². The Morgan fingerprint density at radius 1 is 1.45 bits per heavy atom. The van der Waals surface area contributed by atoms with Crippen LogP contribution in [-0.4, -0.2) is 47.5 Å². The summed E-state index contributed by atoms with van der Waals surface area (Å²) in [6.07, 6.45) is 6.39. The standard InChI is InChI=1S/C13H20N6O/c1-4-6-18(9-11(20)15-3)13-12-16-5-7-19(12)8-10(14-2)17-13/h5,7-8,14H,4,6,9H2,1-3H3,(H,15,20). The highest BCUT2D eigenvalue weighted by atomic mass is 16.1. The van der Waals surface area contributed by atoms with Gasteiger partial charge in [-0.05, 0) is 6.42 Å². The molecule has 0 saturated carbocycles. The van der Waals surface area contributed by atoms with Crippen molar-refractivity contribution in [2.75, 3.05) is 37.4 Å². The molecule has 2 heterocycles. The number of carbonyl (C=O) groups is 1. The van der Waals surface area contributed by atoms with Gasteiger partial charge >= 0.3 is 0 Å². The van der Waals surface area contributed by atoms with Gasteiger partial charge in [0.05, 0.1) is 12.7 Å². The zero-order chi connectivity index (χ0) is 14.5. The molecule has 2 aromatic heterocycles. The zero-order valence-electron chi connectivity index (χ0n) is 12.1. The topological polar surface area (TPSA) is 74.6 Å². The Kier molecular flexibility index (Phi) is 4.39. The van der Waals surface area contributed by atoms with Crippen LogP contribution in [0.3, 0.4) is 0 Å². The Bertz CT molecular complexity index is 594. The Hall–Kier alpha value is -2.31. The van der Waals surface area contributed by atoms with Crippen LogP contribution in [0.25, 0.3) is 5.65 Å². The predicted octanol–water partition coefficient (Wildman–Crippen LogP) is 0.733. The number of nitrogens with one attached hydrogen (secondary N) is 2. The molecule has 1 amide bonds. The summed E-state index contributed by atoms with van der Waals surface area (Å²) in [7, 11) is 3.45. The minimum absolute atomic E-state index is 0.0418. The first kappa shape index (κ1) is 14.1. The molecular formula is C13H20N6O. The monoisotopic (exact) mass is 276 g/mol. The molecule has 0 bridgehead atoms. The first-order valence-corrected chi connectivity index (χ1v) is 6.66. The molecule has 20 heavy (non-hydrogen) atoms. The number of imidazole rings is 1. The minimum atomic E-state index is -0.0418. The van der Waals surface area contributed by atoms with Gasteiger partial charge in [0.25, 0.3) is 0 Å². The molecule has 2 rings (SSSR count). The largest absolute Gasteiger partial charge is 0.372 e. The first-order valence-electron chi connectivity index (χ1n) is 6.66. The van der Waals surface area contributed by atoms with E-state index in [1.807, 2.05) is 28.7 Å². The third-order valence-corrected chi connectivity index (χ3v) is 3.02. The van der Waals surface area contributed by atoms with Gasteiger partial charge in [-0.2, -0.15) is 0 Å². The summed E-state index contributed by atoms with van der Waals surface area (Å²) in [5.41, 5.74) is 0.751. The molecule has 0 saturated heterocycles. The fraction of sp³-hybridized carbons (Fsp3) is 0.462. The van der Waals surface area contributed by atoms with Crippen molar-refractivity contribution < 1.29 is 4.79 Å². The van der Waals surface area contributed by atoms with Gasteiger partial charge in [0.2, 0.25) is 5.91 Å². The molecule has 0 aliphatic carbocycles. The number of hydrogen-bond acceptors (Lipinski definition) is 5. The average Bonchev–Trinajstić information content (AvgIpc) is 2.93. The van der Waals surface area contributed by atoms with E-state index in [2.05, 4.69) is 27.5 Å². The van der Waals surface area contributed by atoms with Gasteiger partial charge in [-0.25, -0.2) is 9.97 Å². The molecule has 2 N–H and O–H groups in total. The minimum Gasteiger partial charge on any atom is -0.372 e. The fourth-order valence-corrected chi connectivity index (χ4v) is 2.03. The molecule has 0 aliphatic heterocycles. The van der Waals surface area contributed by atoms with Crippen molar-refractivity contribution in [3.63, 3.8) is 0 Å². The summed E-state index contributed by atoms with van der Waals surface area (Å²) in [6.45, 7) is 3.09. The summed E-state index contributed by atoms with van der Waals surface area (Å²) in [4.78, 5) is 22.5. The van der Waals surface area contributed by atoms with Crippen LogP contribution in [0.15, 0.2) is 18.6 Å². The number of anilines is 2. The lowest BCUT2D eigenvalue weighted by Gasteiger charge is -2.23. The molecule has 0 radical (unpaired) electrons. The van der Waals surface area contributed by atoms with Crippen LogP contribution < -0.4 is 15.5 Å². The maximum absolute atomic E-state index is 11.7. The molecular weight excluding hydrogens is 256 g/mol. The van der Waals surface area contributed by atoms with E-state index in [9.17, 15) is 4.79 Å². The van der Waals surface area contributed by atoms with Crippen molar-refractivity contribution in [3.05, 3.63) is 18.6 Å². The lowest BCUT2D eigenvalue weighted by molar-refractivity contribution is -0.119. The predicted molar refractivity (Wildman–Crippen MR) is 79.1 cm³/mol. The number of carbonyl (C=O) groups excluding carboxylic acids is 1. The molecule has 2 aromatic rings. The van der Waals surface area contributed by atoms with E-state index in [1.54, 1.807) is 13.2 Å². The summed E-state index contributed by atoms with van der Waals surface area (Å²) in [6, 6.07) is 0. The lowest BCUT2D eigenvalue weighted by Crippen LogP contribution is -2.37. The summed E-state index contributed by atoms with van der Waals surface area (Å²) >= 11 is 0. The maximum atomic E-state index is 11.7. The van der Waals surface area contributed by atoms with Gasteiger partial charge in [-0.3, -0.25) is 4.79 Å². The van der Waals surface area contributed by atoms with Crippen LogP contribution in [0.2, 0.25) is 0 Å². The molecule has 0 atom stereocenters. The Morgan fingerprint density at radius 3 is 2.90 bits per heavy atom. The molecule has 7 heteroatoms. The third kappa shape index (κ3) is 2.81. The highest BCUT2D eigenvalue weighted by molar-refractivity contribution is 5.82. The van der Waals surface area contributed by atoms with E-state index in [0.29, 0.717) is 5.82 Å². The number of rotatable bonds is 6. The van der Waals surface area contributed by atoms with Gasteiger partial charge < -0.3 is 19.9 Å². The van der Waals surface area contributed by atoms with E-state index >= 15 is 0 Å². The molecule has 108 valence electrons. The SMILES string of the molecule is CCCN(CC(=O)NC)c1nc(NC)cn2ccnc12. The second-order valence-electron chi connectivity index (χ2n) is 4.45. The van der Waals surface area contributed by atoms with Crippen molar-refractivity contribution in [1.82, 2.24) is 19.7 Å². The number of hydrogen-bond donors (Lipinski definition) is 2. The Morgan fingerprint density at radius 2 is 2.25 bits per heavy atom. The highest BCUT2D eigenvalue weighted by Crippen LogP contribution is 2.20. The number of nitrogens with zero attached hydrogens (tertiary/aromatic N) is 4.